The van der Waals surface area contributed by atoms with Gasteiger partial charge in [0.1, 0.15) is 22.8 Å². The Hall–Kier alpha value is -5.58. The van der Waals surface area contributed by atoms with E-state index in [0.29, 0.717) is 75.4 Å². The Morgan fingerprint density at radius 1 is 0.692 bits per heavy atom. The minimum Gasteiger partial charge on any atom is -0.550 e. The maximum absolute atomic E-state index is 13.4. The molecule has 1 heterocycles. The summed E-state index contributed by atoms with van der Waals surface area (Å²) in [6, 6.07) is 23.0. The number of carboxylic acid groups (broad SMARTS) is 1. The van der Waals surface area contributed by atoms with Crippen molar-refractivity contribution in [1.82, 2.24) is 10.2 Å². The first kappa shape index (κ1) is 53.8. The summed E-state index contributed by atoms with van der Waals surface area (Å²) >= 11 is 0. The number of quaternary nitrogens is 1. The van der Waals surface area contributed by atoms with Crippen molar-refractivity contribution in [2.24, 2.45) is 5.41 Å². The zero-order valence-electron chi connectivity index (χ0n) is 39.7. The fourth-order valence-corrected chi connectivity index (χ4v) is 7.87. The summed E-state index contributed by atoms with van der Waals surface area (Å²) in [6.07, 6.45) is 10.9. The molecule has 2 N–H and O–H groups in total. The minimum atomic E-state index is -1.33. The van der Waals surface area contributed by atoms with E-state index >= 15 is 0 Å². The van der Waals surface area contributed by atoms with Crippen LogP contribution < -0.4 is 29.5 Å². The Balaban J connectivity index is 0.00000148. The van der Waals surface area contributed by atoms with Crippen LogP contribution in [0.15, 0.2) is 72.8 Å². The molecule has 13 nitrogen and oxygen atoms in total. The van der Waals surface area contributed by atoms with Gasteiger partial charge in [0, 0.05) is 50.3 Å². The van der Waals surface area contributed by atoms with Crippen LogP contribution in [-0.4, -0.2) is 102 Å². The molecule has 65 heavy (non-hydrogen) atoms. The highest BCUT2D eigenvalue weighted by molar-refractivity contribution is 5.77. The number of carbonyl (C=O) groups excluding carboxylic acids is 4. The van der Waals surface area contributed by atoms with Gasteiger partial charge in [0.15, 0.2) is 0 Å². The van der Waals surface area contributed by atoms with Gasteiger partial charge >= 0.3 is 5.97 Å². The van der Waals surface area contributed by atoms with Gasteiger partial charge in [0.25, 0.3) is 0 Å². The summed E-state index contributed by atoms with van der Waals surface area (Å²) in [5, 5.41) is 14.0. The van der Waals surface area contributed by atoms with Gasteiger partial charge in [-0.2, -0.15) is 0 Å². The number of aliphatic carboxylic acids is 1. The molecule has 0 bridgehead atoms. The lowest BCUT2D eigenvalue weighted by Crippen LogP contribution is -3.11. The number of terminal acetylenes is 1. The Labute approximate surface area is 387 Å². The topological polar surface area (TPSA) is 157 Å². The number of hydrogen-bond donors (Lipinski definition) is 2. The predicted octanol–water partition coefficient (Wildman–Crippen LogP) is 5.50. The SMILES string of the molecule is C#CCCCCC(=O)NCCCCCC(=O)N1CCC(COC(=O)CCC(=O)[O-])(COC(c2ccc(OC)cc2)(c2ccc(OC)cc2)c2ccc(OC)cc2)CC1.CC[NH+](CC)CC. The van der Waals surface area contributed by atoms with E-state index in [0.717, 1.165) is 42.4 Å². The number of piperidine rings is 1. The summed E-state index contributed by atoms with van der Waals surface area (Å²) in [4.78, 5) is 52.8. The molecule has 2 amide bonds. The number of hydrogen-bond acceptors (Lipinski definition) is 10. The van der Waals surface area contributed by atoms with Crippen molar-refractivity contribution in [2.45, 2.75) is 103 Å². The van der Waals surface area contributed by atoms with Crippen LogP contribution in [0.5, 0.6) is 17.2 Å². The second kappa shape index (κ2) is 29.1. The molecule has 4 rings (SSSR count). The minimum absolute atomic E-state index is 0.0210. The Kier molecular flexibility index (Phi) is 24.0. The van der Waals surface area contributed by atoms with Crippen molar-refractivity contribution in [3.63, 3.8) is 0 Å². The van der Waals surface area contributed by atoms with Gasteiger partial charge < -0.3 is 48.7 Å². The van der Waals surface area contributed by atoms with Gasteiger partial charge in [-0.25, -0.2) is 0 Å². The van der Waals surface area contributed by atoms with Gasteiger partial charge in [0.2, 0.25) is 11.8 Å². The van der Waals surface area contributed by atoms with Crippen LogP contribution in [0.1, 0.15) is 115 Å². The van der Waals surface area contributed by atoms with Crippen LogP contribution in [0.2, 0.25) is 0 Å². The summed E-state index contributed by atoms with van der Waals surface area (Å²) in [5.74, 6) is 2.70. The van der Waals surface area contributed by atoms with Crippen molar-refractivity contribution >= 4 is 23.8 Å². The maximum atomic E-state index is 13.4. The first-order valence-electron chi connectivity index (χ1n) is 23.2. The molecule has 0 saturated carbocycles. The Bertz CT molecular complexity index is 1780. The smallest absolute Gasteiger partial charge is 0.306 e. The number of esters is 1. The van der Waals surface area contributed by atoms with E-state index in [9.17, 15) is 24.3 Å². The molecular weight excluding hydrogens is 827 g/mol. The van der Waals surface area contributed by atoms with E-state index in [1.807, 2.05) is 77.7 Å². The highest BCUT2D eigenvalue weighted by atomic mass is 16.5. The molecule has 0 aliphatic carbocycles. The van der Waals surface area contributed by atoms with Crippen LogP contribution in [0.25, 0.3) is 0 Å². The van der Waals surface area contributed by atoms with E-state index in [1.165, 1.54) is 19.6 Å². The Morgan fingerprint density at radius 3 is 1.62 bits per heavy atom. The lowest BCUT2D eigenvalue weighted by Gasteiger charge is -2.44. The van der Waals surface area contributed by atoms with Crippen molar-refractivity contribution in [3.05, 3.63) is 89.5 Å². The molecule has 0 atom stereocenters. The van der Waals surface area contributed by atoms with Crippen LogP contribution in [0, 0.1) is 17.8 Å². The first-order valence-corrected chi connectivity index (χ1v) is 23.2. The number of nitrogens with zero attached hydrogens (tertiary/aromatic N) is 1. The number of amides is 2. The molecule has 1 aliphatic heterocycles. The fraction of sp³-hybridized carbons (Fsp3) is 0.538. The number of rotatable bonds is 27. The summed E-state index contributed by atoms with van der Waals surface area (Å²) < 4.78 is 29.5. The number of benzene rings is 3. The van der Waals surface area contributed by atoms with Gasteiger partial charge in [0.05, 0.1) is 60.6 Å². The molecule has 0 aromatic heterocycles. The molecular formula is C52H73N3O10. The zero-order valence-corrected chi connectivity index (χ0v) is 39.7. The number of carbonyl (C=O) groups is 4. The molecule has 1 saturated heterocycles. The number of likely N-dealkylation sites (tertiary alicyclic amines) is 1. The average molecular weight is 900 g/mol. The highest BCUT2D eigenvalue weighted by Gasteiger charge is 2.44. The predicted molar refractivity (Wildman–Crippen MR) is 250 cm³/mol. The quantitative estimate of drug-likeness (QED) is 0.0434. The van der Waals surface area contributed by atoms with Crippen molar-refractivity contribution in [1.29, 1.82) is 0 Å². The molecule has 0 spiro atoms. The molecule has 13 heteroatoms. The van der Waals surface area contributed by atoms with Gasteiger partial charge in [-0.3, -0.25) is 14.4 Å². The van der Waals surface area contributed by atoms with Crippen LogP contribution in [-0.2, 0) is 34.3 Å². The molecule has 3 aromatic rings. The molecule has 3 aromatic carbocycles. The average Bonchev–Trinajstić information content (AvgIpc) is 3.34. The third-order valence-corrected chi connectivity index (χ3v) is 12.2. The van der Waals surface area contributed by atoms with E-state index in [-0.39, 0.29) is 31.4 Å². The Morgan fingerprint density at radius 2 is 1.18 bits per heavy atom. The van der Waals surface area contributed by atoms with Crippen LogP contribution >= 0.6 is 0 Å². The second-order valence-corrected chi connectivity index (χ2v) is 16.5. The van der Waals surface area contributed by atoms with E-state index in [2.05, 4.69) is 32.0 Å². The van der Waals surface area contributed by atoms with Crippen molar-refractivity contribution in [3.8, 4) is 29.6 Å². The van der Waals surface area contributed by atoms with E-state index in [4.69, 9.17) is 30.1 Å². The van der Waals surface area contributed by atoms with E-state index < -0.39 is 29.4 Å². The van der Waals surface area contributed by atoms with Gasteiger partial charge in [-0.1, -0.05) is 42.8 Å². The highest BCUT2D eigenvalue weighted by Crippen LogP contribution is 2.45. The number of ether oxygens (including phenoxy) is 5. The third kappa shape index (κ3) is 17.4. The molecule has 0 unspecified atom stereocenters. The van der Waals surface area contributed by atoms with Crippen molar-refractivity contribution in [2.75, 3.05) is 73.8 Å². The summed E-state index contributed by atoms with van der Waals surface area (Å²) in [7, 11) is 4.82. The standard InChI is InChI=1S/C46H58N2O10.C6H15N/c1-5-6-7-9-12-41(49)47-30-11-8-10-13-42(50)48-31-28-45(29-32-48,33-57-44(53)27-26-43(51)52)34-58-46(35-14-20-38(54-2)21-15-35,36-16-22-39(55-3)23-17-36)37-18-24-40(56-4)25-19-37;1-4-7(5-2)6-3/h1,14-25H,6-13,26-34H2,2-4H3,(H,47,49)(H,51,52);4-6H2,1-3H3. The largest absolute Gasteiger partial charge is 0.550 e. The lowest BCUT2D eigenvalue weighted by molar-refractivity contribution is -0.894. The van der Waals surface area contributed by atoms with E-state index in [1.54, 1.807) is 26.2 Å². The third-order valence-electron chi connectivity index (χ3n) is 12.2. The molecule has 356 valence electrons. The molecule has 0 radical (unpaired) electrons. The fourth-order valence-electron chi connectivity index (χ4n) is 7.87. The number of carboxylic acids is 1. The summed E-state index contributed by atoms with van der Waals surface area (Å²) in [5.41, 5.74) is 0.556. The molecule has 1 aliphatic rings. The number of nitrogens with one attached hydrogen (secondary N) is 2. The zero-order chi connectivity index (χ0) is 47.5. The number of methoxy groups -OCH3 is 3. The molecule has 1 fully saturated rings. The van der Waals surface area contributed by atoms with Gasteiger partial charge in [-0.15, -0.1) is 12.3 Å². The monoisotopic (exact) mass is 900 g/mol. The van der Waals surface area contributed by atoms with Crippen molar-refractivity contribution < 1.29 is 52.9 Å². The van der Waals surface area contributed by atoms with Gasteiger partial charge in [-0.05, 0) is 119 Å². The second-order valence-electron chi connectivity index (χ2n) is 16.5. The van der Waals surface area contributed by atoms with Crippen LogP contribution in [0.4, 0.5) is 0 Å². The maximum Gasteiger partial charge on any atom is 0.306 e. The van der Waals surface area contributed by atoms with Crippen LogP contribution in [0.3, 0.4) is 0 Å². The number of unbranched alkanes of at least 4 members (excludes halogenated alkanes) is 4. The lowest BCUT2D eigenvalue weighted by atomic mass is 9.77. The normalized spacial score (nSPS) is 13.2. The first-order chi connectivity index (χ1) is 31.4. The summed E-state index contributed by atoms with van der Waals surface area (Å²) in [6.45, 7) is 12.0.